The fourth-order valence-electron chi connectivity index (χ4n) is 3.84. The predicted molar refractivity (Wildman–Crippen MR) is 130 cm³/mol. The Balaban J connectivity index is 1.73. The number of benzene rings is 1. The van der Waals surface area contributed by atoms with Crippen molar-refractivity contribution in [2.24, 2.45) is 0 Å². The van der Waals surface area contributed by atoms with Gasteiger partial charge in [0.2, 0.25) is 5.91 Å². The number of amides is 2. The van der Waals surface area contributed by atoms with Crippen LogP contribution in [0, 0.1) is 0 Å². The number of alkyl halides is 1. The van der Waals surface area contributed by atoms with Crippen molar-refractivity contribution in [1.29, 1.82) is 0 Å². The molecule has 8 nitrogen and oxygen atoms in total. The molecular formula is C25H30FN3O5S. The quantitative estimate of drug-likeness (QED) is 0.552. The Hall–Kier alpha value is -3.14. The SMILES string of the molecule is CC(C)(C)OC(=O)CC(NC(=O)C1CCCCN1C(=O)c1csc(-c2ccccc2)n1)C(=O)CF. The Labute approximate surface area is 207 Å². The van der Waals surface area contributed by atoms with Crippen LogP contribution in [0.5, 0.6) is 0 Å². The van der Waals surface area contributed by atoms with Crippen LogP contribution in [-0.4, -0.2) is 64.4 Å². The van der Waals surface area contributed by atoms with Crippen LogP contribution in [0.25, 0.3) is 10.6 Å². The van der Waals surface area contributed by atoms with Crippen molar-refractivity contribution < 1.29 is 28.3 Å². The second-order valence-electron chi connectivity index (χ2n) is 9.37. The van der Waals surface area contributed by atoms with E-state index in [0.29, 0.717) is 24.4 Å². The summed E-state index contributed by atoms with van der Waals surface area (Å²) in [6.45, 7) is 4.03. The minimum absolute atomic E-state index is 0.235. The third-order valence-corrected chi connectivity index (χ3v) is 6.33. The van der Waals surface area contributed by atoms with Gasteiger partial charge in [-0.15, -0.1) is 11.3 Å². The molecule has 0 spiro atoms. The van der Waals surface area contributed by atoms with E-state index in [2.05, 4.69) is 10.3 Å². The number of hydrogen-bond donors (Lipinski definition) is 1. The first kappa shape index (κ1) is 26.5. The molecule has 2 amide bonds. The van der Waals surface area contributed by atoms with E-state index in [1.54, 1.807) is 26.2 Å². The van der Waals surface area contributed by atoms with Gasteiger partial charge in [0.25, 0.3) is 5.91 Å². The largest absolute Gasteiger partial charge is 0.460 e. The van der Waals surface area contributed by atoms with Crippen LogP contribution in [0.1, 0.15) is 56.9 Å². The maximum atomic E-state index is 13.3. The summed E-state index contributed by atoms with van der Waals surface area (Å²) in [7, 11) is 0. The molecule has 0 radical (unpaired) electrons. The number of nitrogens with one attached hydrogen (secondary N) is 1. The predicted octanol–water partition coefficient (Wildman–Crippen LogP) is 3.56. The number of nitrogens with zero attached hydrogens (tertiary/aromatic N) is 2. The molecule has 10 heteroatoms. The van der Waals surface area contributed by atoms with E-state index in [9.17, 15) is 23.6 Å². The summed E-state index contributed by atoms with van der Waals surface area (Å²) >= 11 is 1.34. The van der Waals surface area contributed by atoms with Gasteiger partial charge >= 0.3 is 5.97 Å². The molecule has 1 aromatic heterocycles. The number of rotatable bonds is 8. The highest BCUT2D eigenvalue weighted by atomic mass is 32.1. The Morgan fingerprint density at radius 2 is 1.91 bits per heavy atom. The first-order chi connectivity index (χ1) is 16.6. The zero-order valence-electron chi connectivity index (χ0n) is 20.1. The van der Waals surface area contributed by atoms with Gasteiger partial charge < -0.3 is 15.0 Å². The number of aromatic nitrogens is 1. The van der Waals surface area contributed by atoms with Crippen LogP contribution in [0.4, 0.5) is 4.39 Å². The Bertz CT molecular complexity index is 1070. The first-order valence-corrected chi connectivity index (χ1v) is 12.4. The molecule has 0 saturated carbocycles. The number of carbonyl (C=O) groups is 4. The molecule has 1 N–H and O–H groups in total. The number of carbonyl (C=O) groups excluding carboxylic acids is 4. The van der Waals surface area contributed by atoms with Crippen LogP contribution in [0.3, 0.4) is 0 Å². The van der Waals surface area contributed by atoms with Crippen molar-refractivity contribution in [3.63, 3.8) is 0 Å². The molecular weight excluding hydrogens is 473 g/mol. The van der Waals surface area contributed by atoms with Crippen molar-refractivity contribution in [3.05, 3.63) is 41.4 Å². The number of ketones is 1. The molecule has 2 aromatic rings. The van der Waals surface area contributed by atoms with Gasteiger partial charge in [-0.3, -0.25) is 19.2 Å². The van der Waals surface area contributed by atoms with Crippen molar-refractivity contribution >= 4 is 34.9 Å². The van der Waals surface area contributed by atoms with E-state index in [4.69, 9.17) is 4.74 Å². The molecule has 1 aliphatic rings. The molecule has 2 heterocycles. The summed E-state index contributed by atoms with van der Waals surface area (Å²) in [5.74, 6) is -2.64. The third kappa shape index (κ3) is 7.17. The van der Waals surface area contributed by atoms with E-state index in [0.717, 1.165) is 12.0 Å². The molecule has 1 aliphatic heterocycles. The molecule has 1 saturated heterocycles. The lowest BCUT2D eigenvalue weighted by molar-refractivity contribution is -0.156. The fraction of sp³-hybridized carbons (Fsp3) is 0.480. The molecule has 0 aliphatic carbocycles. The van der Waals surface area contributed by atoms with E-state index in [-0.39, 0.29) is 11.6 Å². The highest BCUT2D eigenvalue weighted by Crippen LogP contribution is 2.26. The van der Waals surface area contributed by atoms with Gasteiger partial charge in [-0.1, -0.05) is 30.3 Å². The number of thiazole rings is 1. The smallest absolute Gasteiger partial charge is 0.308 e. The molecule has 1 fully saturated rings. The lowest BCUT2D eigenvalue weighted by atomic mass is 9.99. The standard InChI is InChI=1S/C25H30FN3O5S/c1-25(2,3)34-21(31)13-17(20(30)14-26)27-22(32)19-11-7-8-12-29(19)24(33)18-15-35-23(28-18)16-9-5-4-6-10-16/h4-6,9-10,15,17,19H,7-8,11-14H2,1-3H3,(H,27,32). The van der Waals surface area contributed by atoms with Crippen LogP contribution in [0.15, 0.2) is 35.7 Å². The molecule has 1 aromatic carbocycles. The average molecular weight is 504 g/mol. The number of hydrogen-bond acceptors (Lipinski definition) is 7. The van der Waals surface area contributed by atoms with Gasteiger partial charge in [0, 0.05) is 17.5 Å². The minimum Gasteiger partial charge on any atom is -0.460 e. The lowest BCUT2D eigenvalue weighted by Gasteiger charge is -2.35. The number of halogens is 1. The van der Waals surface area contributed by atoms with Gasteiger partial charge in [0.15, 0.2) is 5.78 Å². The summed E-state index contributed by atoms with van der Waals surface area (Å²) in [5.41, 5.74) is 0.334. The Morgan fingerprint density at radius 3 is 2.57 bits per heavy atom. The summed E-state index contributed by atoms with van der Waals surface area (Å²) in [6.07, 6.45) is 1.33. The summed E-state index contributed by atoms with van der Waals surface area (Å²) in [5, 5.41) is 4.83. The van der Waals surface area contributed by atoms with Gasteiger partial charge in [0.1, 0.15) is 35.1 Å². The lowest BCUT2D eigenvalue weighted by Crippen LogP contribution is -2.55. The maximum Gasteiger partial charge on any atom is 0.308 e. The van der Waals surface area contributed by atoms with Crippen LogP contribution < -0.4 is 5.32 Å². The highest BCUT2D eigenvalue weighted by Gasteiger charge is 2.36. The normalized spacial score (nSPS) is 16.9. The van der Waals surface area contributed by atoms with E-state index < -0.39 is 48.4 Å². The third-order valence-electron chi connectivity index (χ3n) is 5.44. The summed E-state index contributed by atoms with van der Waals surface area (Å²) < 4.78 is 18.4. The monoisotopic (exact) mass is 503 g/mol. The van der Waals surface area contributed by atoms with E-state index in [1.165, 1.54) is 16.2 Å². The zero-order valence-corrected chi connectivity index (χ0v) is 20.9. The van der Waals surface area contributed by atoms with Crippen molar-refractivity contribution in [1.82, 2.24) is 15.2 Å². The number of ether oxygens (including phenoxy) is 1. The number of esters is 1. The van der Waals surface area contributed by atoms with Gasteiger partial charge in [-0.25, -0.2) is 9.37 Å². The highest BCUT2D eigenvalue weighted by molar-refractivity contribution is 7.13. The molecule has 35 heavy (non-hydrogen) atoms. The molecule has 0 bridgehead atoms. The van der Waals surface area contributed by atoms with E-state index >= 15 is 0 Å². The van der Waals surface area contributed by atoms with Gasteiger partial charge in [-0.2, -0.15) is 0 Å². The van der Waals surface area contributed by atoms with Crippen molar-refractivity contribution in [2.45, 2.75) is 64.1 Å². The molecule has 2 atom stereocenters. The number of likely N-dealkylation sites (tertiary alicyclic amines) is 1. The van der Waals surface area contributed by atoms with Crippen molar-refractivity contribution in [3.8, 4) is 10.6 Å². The second-order valence-corrected chi connectivity index (χ2v) is 10.2. The Morgan fingerprint density at radius 1 is 1.20 bits per heavy atom. The zero-order chi connectivity index (χ0) is 25.6. The van der Waals surface area contributed by atoms with Crippen LogP contribution in [-0.2, 0) is 19.1 Å². The van der Waals surface area contributed by atoms with E-state index in [1.807, 2.05) is 30.3 Å². The fourth-order valence-corrected chi connectivity index (χ4v) is 4.64. The van der Waals surface area contributed by atoms with Gasteiger partial charge in [-0.05, 0) is 40.0 Å². The summed E-state index contributed by atoms with van der Waals surface area (Å²) in [6, 6.07) is 7.24. The summed E-state index contributed by atoms with van der Waals surface area (Å²) in [4.78, 5) is 56.6. The molecule has 2 unspecified atom stereocenters. The first-order valence-electron chi connectivity index (χ1n) is 11.5. The van der Waals surface area contributed by atoms with Crippen LogP contribution >= 0.6 is 11.3 Å². The minimum atomic E-state index is -1.37. The second kappa shape index (κ2) is 11.5. The topological polar surface area (TPSA) is 106 Å². The van der Waals surface area contributed by atoms with Crippen LogP contribution in [0.2, 0.25) is 0 Å². The average Bonchev–Trinajstić information content (AvgIpc) is 3.32. The van der Waals surface area contributed by atoms with Gasteiger partial charge in [0.05, 0.1) is 6.42 Å². The maximum absolute atomic E-state index is 13.3. The Kier molecular flexibility index (Phi) is 8.71. The molecule has 188 valence electrons. The molecule has 3 rings (SSSR count). The number of piperidine rings is 1. The van der Waals surface area contributed by atoms with Crippen molar-refractivity contribution in [2.75, 3.05) is 13.2 Å². The number of Topliss-reactive ketones (excluding diaryl/α,β-unsaturated/α-hetero) is 1.